The maximum absolute atomic E-state index is 14.8. The van der Waals surface area contributed by atoms with Gasteiger partial charge in [-0.15, -0.1) is 0 Å². The average Bonchev–Trinajstić information content (AvgIpc) is 3.93. The third-order valence-corrected chi connectivity index (χ3v) is 12.2. The zero-order chi connectivity index (χ0) is 55.4. The fraction of sp³-hybridized carbons (Fsp3) is 0.0833. The van der Waals surface area contributed by atoms with Gasteiger partial charge >= 0.3 is 18.5 Å². The molecule has 374 valence electrons. The van der Waals surface area contributed by atoms with E-state index in [1.807, 2.05) is 43.3 Å². The number of aryl methyl sites for hydroxylation is 1. The molecule has 0 amide bonds. The molecule has 0 N–H and O–H groups in total. The van der Waals surface area contributed by atoms with Crippen LogP contribution in [0.3, 0.4) is 0 Å². The van der Waals surface area contributed by atoms with E-state index < -0.39 is 35.2 Å². The molecule has 9 rings (SSSR count). The van der Waals surface area contributed by atoms with Crippen molar-refractivity contribution < 1.29 is 39.5 Å². The number of benzene rings is 7. The van der Waals surface area contributed by atoms with E-state index in [2.05, 4.69) is 25.8 Å². The first kappa shape index (κ1) is 53.7. The molecule has 0 saturated carbocycles. The Labute approximate surface area is 428 Å². The maximum atomic E-state index is 14.8. The van der Waals surface area contributed by atoms with Crippen molar-refractivity contribution >= 4 is 49.2 Å². The normalized spacial score (nSPS) is 11.4. The summed E-state index contributed by atoms with van der Waals surface area (Å²) < 4.78 is 126. The van der Waals surface area contributed by atoms with E-state index in [4.69, 9.17) is 5.26 Å². The molecule has 9 aromatic rings. The van der Waals surface area contributed by atoms with Gasteiger partial charge in [-0.05, 0) is 151 Å². The summed E-state index contributed by atoms with van der Waals surface area (Å²) in [4.78, 5) is 0. The van der Waals surface area contributed by atoms with Crippen molar-refractivity contribution in [3.05, 3.63) is 221 Å². The lowest BCUT2D eigenvalue weighted by Crippen LogP contribution is -2.12. The zero-order valence-corrected chi connectivity index (χ0v) is 40.0. The standard InChI is InChI=1S/C42H18F6N6.C12H11N.C6H7F3/c43-41(44,45)33-7-5-27(17-39(33)53-35-9-1-23(19-49)13-29(35)30-14-24(20-50)2-10-36(30)53)28-6-8-34(42(46,47)48)40(18-28)54-37-11-3-25(21-51)15-31(37)32-16-26(22-52)4-12-38(32)54;1-4-9(2)12-7-11(8-13)6-5-10(12)3;1-3-4-5(2)6(7,8)9/h1-18H;4-7H,1-2H2,3H3;3-4H,2H2,1H3/b;;4-3-. The molecular weight excluding hydrogens is 990 g/mol. The first-order chi connectivity index (χ1) is 36.0. The van der Waals surface area contributed by atoms with Gasteiger partial charge in [-0.25, -0.2) is 0 Å². The van der Waals surface area contributed by atoms with Crippen LogP contribution in [0, 0.1) is 63.6 Å². The lowest BCUT2D eigenvalue weighted by molar-refractivity contribution is -0.138. The molecule has 2 aromatic heterocycles. The van der Waals surface area contributed by atoms with Crippen LogP contribution in [0.5, 0.6) is 0 Å². The number of allylic oxidation sites excluding steroid dienone is 5. The monoisotopic (exact) mass is 1030 g/mol. The molecule has 0 aliphatic carbocycles. The van der Waals surface area contributed by atoms with Crippen LogP contribution >= 0.6 is 0 Å². The summed E-state index contributed by atoms with van der Waals surface area (Å²) in [6.45, 7) is 13.8. The summed E-state index contributed by atoms with van der Waals surface area (Å²) in [5, 5.41) is 48.7. The Morgan fingerprint density at radius 1 is 0.474 bits per heavy atom. The van der Waals surface area contributed by atoms with E-state index >= 15 is 0 Å². The van der Waals surface area contributed by atoms with Gasteiger partial charge in [0.1, 0.15) is 0 Å². The SMILES string of the molecule is C=C(/C=C\C)C(F)(F)F.C=CC(=C)c1cc(C#N)ccc1C.N#Cc1ccc2c(c1)c1cc(C#N)ccc1n2-c1cc(-c2ccc(C(F)(F)F)c(-n3c4ccc(C#N)cc4c4cc(C#N)ccc43)c2)ccc1C(F)(F)F. The van der Waals surface area contributed by atoms with Gasteiger partial charge in [0.2, 0.25) is 0 Å². The predicted octanol–water partition coefficient (Wildman–Crippen LogP) is 16.8. The van der Waals surface area contributed by atoms with Crippen molar-refractivity contribution in [3.63, 3.8) is 0 Å². The molecule has 0 radical (unpaired) electrons. The molecule has 7 aromatic carbocycles. The average molecular weight is 1030 g/mol. The van der Waals surface area contributed by atoms with Gasteiger partial charge in [0.25, 0.3) is 0 Å². The van der Waals surface area contributed by atoms with Crippen LogP contribution in [0.2, 0.25) is 0 Å². The third kappa shape index (κ3) is 10.7. The Balaban J connectivity index is 0.000000318. The maximum Gasteiger partial charge on any atom is 0.418 e. The number of aromatic nitrogens is 2. The highest BCUT2D eigenvalue weighted by atomic mass is 19.4. The molecule has 0 fully saturated rings. The summed E-state index contributed by atoms with van der Waals surface area (Å²) in [5.41, 5.74) is 2.74. The predicted molar refractivity (Wildman–Crippen MR) is 275 cm³/mol. The fourth-order valence-electron chi connectivity index (χ4n) is 8.56. The molecule has 0 aliphatic heterocycles. The van der Waals surface area contributed by atoms with Gasteiger partial charge in [0.05, 0.1) is 103 Å². The minimum absolute atomic E-state index is 0.171. The van der Waals surface area contributed by atoms with E-state index in [0.29, 0.717) is 49.2 Å². The summed E-state index contributed by atoms with van der Waals surface area (Å²) in [7, 11) is 0. The topological polar surface area (TPSA) is 129 Å². The van der Waals surface area contributed by atoms with Gasteiger partial charge in [-0.2, -0.15) is 65.8 Å². The van der Waals surface area contributed by atoms with Crippen molar-refractivity contribution in [3.8, 4) is 52.8 Å². The molecule has 2 heterocycles. The van der Waals surface area contributed by atoms with Gasteiger partial charge in [0, 0.05) is 27.1 Å². The highest BCUT2D eigenvalue weighted by Crippen LogP contribution is 2.44. The van der Waals surface area contributed by atoms with Crippen LogP contribution in [-0.4, -0.2) is 15.3 Å². The number of rotatable bonds is 6. The lowest BCUT2D eigenvalue weighted by Gasteiger charge is -2.20. The number of alkyl halides is 9. The molecular formula is C60H36F9N7. The van der Waals surface area contributed by atoms with Crippen molar-refractivity contribution in [2.75, 3.05) is 0 Å². The van der Waals surface area contributed by atoms with Crippen LogP contribution in [0.15, 0.2) is 171 Å². The molecule has 0 aliphatic rings. The second kappa shape index (κ2) is 21.2. The van der Waals surface area contributed by atoms with Gasteiger partial charge in [-0.3, -0.25) is 0 Å². The number of hydrogen-bond donors (Lipinski definition) is 0. The molecule has 0 bridgehead atoms. The van der Waals surface area contributed by atoms with E-state index in [9.17, 15) is 60.6 Å². The minimum atomic E-state index is -4.85. The Hall–Kier alpha value is -10.1. The van der Waals surface area contributed by atoms with Crippen LogP contribution in [-0.2, 0) is 12.4 Å². The van der Waals surface area contributed by atoms with Crippen molar-refractivity contribution in [1.82, 2.24) is 9.13 Å². The smallest absolute Gasteiger partial charge is 0.309 e. The second-order valence-corrected chi connectivity index (χ2v) is 16.9. The molecule has 0 atom stereocenters. The number of fused-ring (bicyclic) bond motifs is 6. The number of nitrogens with zero attached hydrogens (tertiary/aromatic N) is 7. The largest absolute Gasteiger partial charge is 0.418 e. The molecule has 16 heteroatoms. The highest BCUT2D eigenvalue weighted by molar-refractivity contribution is 6.11. The van der Waals surface area contributed by atoms with E-state index in [-0.39, 0.29) is 44.8 Å². The quantitative estimate of drug-likeness (QED) is 0.121. The number of halogens is 9. The highest BCUT2D eigenvalue weighted by Gasteiger charge is 2.37. The third-order valence-electron chi connectivity index (χ3n) is 12.2. The van der Waals surface area contributed by atoms with Gasteiger partial charge in [0.15, 0.2) is 0 Å². The van der Waals surface area contributed by atoms with Crippen molar-refractivity contribution in [1.29, 1.82) is 26.3 Å². The van der Waals surface area contributed by atoms with Crippen molar-refractivity contribution in [2.45, 2.75) is 32.4 Å². The molecule has 76 heavy (non-hydrogen) atoms. The first-order valence-corrected chi connectivity index (χ1v) is 22.4. The van der Waals surface area contributed by atoms with Crippen LogP contribution in [0.1, 0.15) is 57.0 Å². The number of nitriles is 5. The van der Waals surface area contributed by atoms with Gasteiger partial charge in [-0.1, -0.05) is 56.2 Å². The van der Waals surface area contributed by atoms with Crippen LogP contribution < -0.4 is 0 Å². The molecule has 0 saturated heterocycles. The Morgan fingerprint density at radius 3 is 1.08 bits per heavy atom. The lowest BCUT2D eigenvalue weighted by atomic mass is 9.98. The minimum Gasteiger partial charge on any atom is -0.309 e. The molecule has 0 spiro atoms. The van der Waals surface area contributed by atoms with Gasteiger partial charge < -0.3 is 9.13 Å². The summed E-state index contributed by atoms with van der Waals surface area (Å²) in [6.07, 6.45) is -10.0. The summed E-state index contributed by atoms with van der Waals surface area (Å²) in [6, 6.07) is 40.4. The number of hydrogen-bond acceptors (Lipinski definition) is 5. The van der Waals surface area contributed by atoms with Crippen LogP contribution in [0.25, 0.3) is 71.7 Å². The Kier molecular flexibility index (Phi) is 15.0. The molecule has 7 nitrogen and oxygen atoms in total. The Bertz CT molecular complexity index is 3760. The second-order valence-electron chi connectivity index (χ2n) is 16.9. The zero-order valence-electron chi connectivity index (χ0n) is 40.0. The van der Waals surface area contributed by atoms with E-state index in [1.54, 1.807) is 12.1 Å². The van der Waals surface area contributed by atoms with E-state index in [0.717, 1.165) is 34.9 Å². The summed E-state index contributed by atoms with van der Waals surface area (Å²) in [5.74, 6) is 0. The van der Waals surface area contributed by atoms with E-state index in [1.165, 1.54) is 119 Å². The fourth-order valence-corrected chi connectivity index (χ4v) is 8.56. The Morgan fingerprint density at radius 2 is 0.803 bits per heavy atom. The van der Waals surface area contributed by atoms with Crippen LogP contribution in [0.4, 0.5) is 39.5 Å². The summed E-state index contributed by atoms with van der Waals surface area (Å²) >= 11 is 0. The first-order valence-electron chi connectivity index (χ1n) is 22.4. The van der Waals surface area contributed by atoms with Crippen molar-refractivity contribution in [2.24, 2.45) is 0 Å². The molecule has 0 unspecified atom stereocenters.